The lowest BCUT2D eigenvalue weighted by molar-refractivity contribution is 1.31. The minimum atomic E-state index is 1.05. The number of nitrogens with zero attached hydrogens (tertiary/aromatic N) is 1. The standard InChI is InChI=1S/C11H10BrN/c1-7-6-9-4-3-5-13-11(9)10(12)8(7)2/h3-6H,1-2H3. The maximum Gasteiger partial charge on any atom is 0.0846 e. The van der Waals surface area contributed by atoms with Crippen LogP contribution < -0.4 is 0 Å². The van der Waals surface area contributed by atoms with Crippen molar-refractivity contribution in [3.8, 4) is 0 Å². The summed E-state index contributed by atoms with van der Waals surface area (Å²) in [6.45, 7) is 4.22. The molecule has 0 N–H and O–H groups in total. The van der Waals surface area contributed by atoms with E-state index in [0.717, 1.165) is 9.99 Å². The molecule has 1 aromatic carbocycles. The van der Waals surface area contributed by atoms with Gasteiger partial charge in [-0.15, -0.1) is 0 Å². The molecule has 0 atom stereocenters. The molecule has 0 saturated heterocycles. The van der Waals surface area contributed by atoms with Crippen LogP contribution in [-0.4, -0.2) is 4.98 Å². The number of pyridine rings is 1. The van der Waals surface area contributed by atoms with Gasteiger partial charge in [0.05, 0.1) is 5.52 Å². The zero-order valence-corrected chi connectivity index (χ0v) is 9.22. The van der Waals surface area contributed by atoms with Crippen molar-refractivity contribution in [2.24, 2.45) is 0 Å². The van der Waals surface area contributed by atoms with Crippen LogP contribution in [0.4, 0.5) is 0 Å². The van der Waals surface area contributed by atoms with E-state index in [0.29, 0.717) is 0 Å². The van der Waals surface area contributed by atoms with Crippen LogP contribution in [0, 0.1) is 13.8 Å². The van der Waals surface area contributed by atoms with Crippen LogP contribution in [0.25, 0.3) is 10.9 Å². The largest absolute Gasteiger partial charge is 0.255 e. The van der Waals surface area contributed by atoms with Gasteiger partial charge in [0, 0.05) is 16.1 Å². The van der Waals surface area contributed by atoms with Crippen LogP contribution in [0.2, 0.25) is 0 Å². The Kier molecular flexibility index (Phi) is 2.08. The van der Waals surface area contributed by atoms with Crippen molar-refractivity contribution < 1.29 is 0 Å². The fourth-order valence-corrected chi connectivity index (χ4v) is 2.05. The average Bonchev–Trinajstić information content (AvgIpc) is 2.15. The third-order valence-electron chi connectivity index (χ3n) is 2.34. The highest BCUT2D eigenvalue weighted by Gasteiger charge is 2.04. The quantitative estimate of drug-likeness (QED) is 0.680. The van der Waals surface area contributed by atoms with Gasteiger partial charge in [-0.05, 0) is 53.0 Å². The predicted octanol–water partition coefficient (Wildman–Crippen LogP) is 3.61. The molecular weight excluding hydrogens is 226 g/mol. The highest BCUT2D eigenvalue weighted by Crippen LogP contribution is 2.27. The molecule has 2 heteroatoms. The Balaban J connectivity index is 2.94. The lowest BCUT2D eigenvalue weighted by Gasteiger charge is -2.06. The van der Waals surface area contributed by atoms with Crippen LogP contribution in [0.15, 0.2) is 28.9 Å². The normalized spacial score (nSPS) is 10.7. The van der Waals surface area contributed by atoms with E-state index in [1.54, 1.807) is 0 Å². The molecule has 0 saturated carbocycles. The topological polar surface area (TPSA) is 12.9 Å². The van der Waals surface area contributed by atoms with E-state index in [9.17, 15) is 0 Å². The van der Waals surface area contributed by atoms with Gasteiger partial charge >= 0.3 is 0 Å². The second-order valence-corrected chi connectivity index (χ2v) is 4.00. The Hall–Kier alpha value is -0.890. The second kappa shape index (κ2) is 3.11. The van der Waals surface area contributed by atoms with Crippen molar-refractivity contribution in [2.75, 3.05) is 0 Å². The van der Waals surface area contributed by atoms with Crippen molar-refractivity contribution >= 4 is 26.8 Å². The fraction of sp³-hybridized carbons (Fsp3) is 0.182. The van der Waals surface area contributed by atoms with Crippen LogP contribution >= 0.6 is 15.9 Å². The summed E-state index contributed by atoms with van der Waals surface area (Å²) in [5.41, 5.74) is 3.61. The zero-order chi connectivity index (χ0) is 9.42. The van der Waals surface area contributed by atoms with Crippen molar-refractivity contribution in [3.63, 3.8) is 0 Å². The van der Waals surface area contributed by atoms with E-state index >= 15 is 0 Å². The number of aryl methyl sites for hydroxylation is 1. The molecule has 2 aromatic rings. The first-order valence-corrected chi connectivity index (χ1v) is 5.00. The molecule has 0 radical (unpaired) electrons. The first-order chi connectivity index (χ1) is 6.20. The zero-order valence-electron chi connectivity index (χ0n) is 7.63. The summed E-state index contributed by atoms with van der Waals surface area (Å²) in [6.07, 6.45) is 1.82. The minimum Gasteiger partial charge on any atom is -0.255 e. The molecule has 0 bridgehead atoms. The molecule has 2 rings (SSSR count). The molecule has 0 amide bonds. The SMILES string of the molecule is Cc1cc2cccnc2c(Br)c1C. The fourth-order valence-electron chi connectivity index (χ4n) is 1.41. The van der Waals surface area contributed by atoms with Crippen molar-refractivity contribution in [3.05, 3.63) is 40.0 Å². The Labute approximate surface area is 85.9 Å². The van der Waals surface area contributed by atoms with Crippen molar-refractivity contribution in [2.45, 2.75) is 13.8 Å². The van der Waals surface area contributed by atoms with Gasteiger partial charge in [-0.2, -0.15) is 0 Å². The minimum absolute atomic E-state index is 1.05. The third kappa shape index (κ3) is 1.35. The predicted molar refractivity (Wildman–Crippen MR) is 58.9 cm³/mol. The highest BCUT2D eigenvalue weighted by atomic mass is 79.9. The van der Waals surface area contributed by atoms with Crippen LogP contribution in [0.3, 0.4) is 0 Å². The number of fused-ring (bicyclic) bond motifs is 1. The summed E-state index contributed by atoms with van der Waals surface area (Å²) in [7, 11) is 0. The van der Waals surface area contributed by atoms with Crippen LogP contribution in [0.1, 0.15) is 11.1 Å². The molecule has 13 heavy (non-hydrogen) atoms. The van der Waals surface area contributed by atoms with Crippen LogP contribution in [-0.2, 0) is 0 Å². The van der Waals surface area contributed by atoms with Gasteiger partial charge in [0.25, 0.3) is 0 Å². The lowest BCUT2D eigenvalue weighted by Crippen LogP contribution is -1.87. The van der Waals surface area contributed by atoms with Gasteiger partial charge in [-0.1, -0.05) is 6.07 Å². The third-order valence-corrected chi connectivity index (χ3v) is 3.31. The Morgan fingerprint density at radius 2 is 2.08 bits per heavy atom. The molecule has 66 valence electrons. The Bertz CT molecular complexity index is 463. The first-order valence-electron chi connectivity index (χ1n) is 4.20. The van der Waals surface area contributed by atoms with Crippen molar-refractivity contribution in [1.82, 2.24) is 4.98 Å². The highest BCUT2D eigenvalue weighted by molar-refractivity contribution is 9.10. The number of hydrogen-bond donors (Lipinski definition) is 0. The number of aromatic nitrogens is 1. The Morgan fingerprint density at radius 3 is 2.85 bits per heavy atom. The van der Waals surface area contributed by atoms with Gasteiger partial charge in [0.1, 0.15) is 0 Å². The van der Waals surface area contributed by atoms with Gasteiger partial charge in [0.2, 0.25) is 0 Å². The monoisotopic (exact) mass is 235 g/mol. The van der Waals surface area contributed by atoms with Gasteiger partial charge in [0.15, 0.2) is 0 Å². The number of benzene rings is 1. The van der Waals surface area contributed by atoms with E-state index < -0.39 is 0 Å². The number of rotatable bonds is 0. The van der Waals surface area contributed by atoms with E-state index in [4.69, 9.17) is 0 Å². The van der Waals surface area contributed by atoms with E-state index in [1.165, 1.54) is 16.5 Å². The first kappa shape index (κ1) is 8.70. The molecule has 0 spiro atoms. The van der Waals surface area contributed by atoms with Crippen molar-refractivity contribution in [1.29, 1.82) is 0 Å². The van der Waals surface area contributed by atoms with Gasteiger partial charge in [-0.25, -0.2) is 0 Å². The molecular formula is C11H10BrN. The van der Waals surface area contributed by atoms with E-state index in [-0.39, 0.29) is 0 Å². The molecule has 0 aliphatic heterocycles. The summed E-state index contributed by atoms with van der Waals surface area (Å²) in [4.78, 5) is 4.34. The molecule has 0 aliphatic rings. The number of halogens is 1. The molecule has 0 fully saturated rings. The summed E-state index contributed by atoms with van der Waals surface area (Å²) < 4.78 is 1.11. The van der Waals surface area contributed by atoms with Crippen LogP contribution in [0.5, 0.6) is 0 Å². The molecule has 1 nitrogen and oxygen atoms in total. The average molecular weight is 236 g/mol. The molecule has 1 aromatic heterocycles. The number of hydrogen-bond acceptors (Lipinski definition) is 1. The lowest BCUT2D eigenvalue weighted by atomic mass is 10.1. The Morgan fingerprint density at radius 1 is 1.31 bits per heavy atom. The maximum atomic E-state index is 4.34. The van der Waals surface area contributed by atoms with Gasteiger partial charge < -0.3 is 0 Å². The summed E-state index contributed by atoms with van der Waals surface area (Å²) >= 11 is 3.57. The maximum absolute atomic E-state index is 4.34. The summed E-state index contributed by atoms with van der Waals surface area (Å²) in [6, 6.07) is 6.21. The molecule has 0 unspecified atom stereocenters. The molecule has 0 aliphatic carbocycles. The van der Waals surface area contributed by atoms with E-state index in [2.05, 4.69) is 46.9 Å². The molecule has 1 heterocycles. The summed E-state index contributed by atoms with van der Waals surface area (Å²) in [5.74, 6) is 0. The van der Waals surface area contributed by atoms with E-state index in [1.807, 2.05) is 12.3 Å². The summed E-state index contributed by atoms with van der Waals surface area (Å²) in [5, 5.41) is 1.19. The second-order valence-electron chi connectivity index (χ2n) is 3.21. The van der Waals surface area contributed by atoms with Gasteiger partial charge in [-0.3, -0.25) is 4.98 Å². The smallest absolute Gasteiger partial charge is 0.0846 e.